The molecular formula is C19H29NO. The molecule has 0 amide bonds. The van der Waals surface area contributed by atoms with Crippen molar-refractivity contribution in [3.8, 4) is 5.75 Å². The lowest BCUT2D eigenvalue weighted by Gasteiger charge is -2.43. The van der Waals surface area contributed by atoms with Crippen molar-refractivity contribution in [2.24, 2.45) is 16.7 Å². The van der Waals surface area contributed by atoms with Gasteiger partial charge in [-0.15, -0.1) is 0 Å². The van der Waals surface area contributed by atoms with E-state index >= 15 is 0 Å². The van der Waals surface area contributed by atoms with Crippen LogP contribution in [-0.2, 0) is 0 Å². The molecule has 0 saturated heterocycles. The lowest BCUT2D eigenvalue weighted by molar-refractivity contribution is 0.108. The first kappa shape index (κ1) is 14.9. The SMILES string of the molecule is CC1(C)C(NCCCOc2ccccc2)[C@]2(C)CC[C@H]1C2. The molecule has 0 spiro atoms. The highest BCUT2D eigenvalue weighted by Gasteiger charge is 2.58. The third kappa shape index (κ3) is 2.83. The van der Waals surface area contributed by atoms with Crippen LogP contribution in [0.25, 0.3) is 0 Å². The highest BCUT2D eigenvalue weighted by atomic mass is 16.5. The molecule has 0 heterocycles. The largest absolute Gasteiger partial charge is 0.494 e. The van der Waals surface area contributed by atoms with Gasteiger partial charge in [-0.2, -0.15) is 0 Å². The standard InChI is InChI=1S/C19H29NO/c1-18(2)15-10-11-19(3,14-15)17(18)20-12-7-13-21-16-8-5-4-6-9-16/h4-6,8-9,15,17,20H,7,10-14H2,1-3H3/t15-,17?,19+/m0/s1. The van der Waals surface area contributed by atoms with Gasteiger partial charge in [0, 0.05) is 6.04 Å². The van der Waals surface area contributed by atoms with Gasteiger partial charge >= 0.3 is 0 Å². The first-order valence-corrected chi connectivity index (χ1v) is 8.44. The van der Waals surface area contributed by atoms with Crippen LogP contribution >= 0.6 is 0 Å². The molecule has 3 atom stereocenters. The maximum absolute atomic E-state index is 5.77. The lowest BCUT2D eigenvalue weighted by Crippen LogP contribution is -2.50. The molecule has 3 rings (SSSR count). The fraction of sp³-hybridized carbons (Fsp3) is 0.684. The summed E-state index contributed by atoms with van der Waals surface area (Å²) in [5.41, 5.74) is 0.974. The maximum atomic E-state index is 5.77. The number of ether oxygens (including phenoxy) is 1. The molecule has 2 saturated carbocycles. The van der Waals surface area contributed by atoms with Crippen LogP contribution in [0.1, 0.15) is 46.5 Å². The highest BCUT2D eigenvalue weighted by molar-refractivity contribution is 5.20. The van der Waals surface area contributed by atoms with Crippen LogP contribution in [-0.4, -0.2) is 19.2 Å². The topological polar surface area (TPSA) is 21.3 Å². The van der Waals surface area contributed by atoms with Gasteiger partial charge in [-0.05, 0) is 61.1 Å². The zero-order valence-corrected chi connectivity index (χ0v) is 13.7. The van der Waals surface area contributed by atoms with E-state index in [-0.39, 0.29) is 0 Å². The minimum Gasteiger partial charge on any atom is -0.494 e. The monoisotopic (exact) mass is 287 g/mol. The Hall–Kier alpha value is -1.02. The molecular weight excluding hydrogens is 258 g/mol. The van der Waals surface area contributed by atoms with E-state index in [9.17, 15) is 0 Å². The van der Waals surface area contributed by atoms with Crippen molar-refractivity contribution in [2.75, 3.05) is 13.2 Å². The minimum atomic E-state index is 0.452. The number of fused-ring (bicyclic) bond motifs is 2. The molecule has 1 aromatic rings. The average Bonchev–Trinajstić information content (AvgIpc) is 2.94. The number of nitrogens with one attached hydrogen (secondary N) is 1. The second kappa shape index (κ2) is 5.64. The molecule has 1 unspecified atom stereocenters. The van der Waals surface area contributed by atoms with Gasteiger partial charge in [0.25, 0.3) is 0 Å². The molecule has 2 aliphatic rings. The predicted molar refractivity (Wildman–Crippen MR) is 87.6 cm³/mol. The summed E-state index contributed by atoms with van der Waals surface area (Å²) in [7, 11) is 0. The van der Waals surface area contributed by atoms with Crippen LogP contribution in [0.3, 0.4) is 0 Å². The number of para-hydroxylation sites is 1. The van der Waals surface area contributed by atoms with Crippen molar-refractivity contribution in [3.63, 3.8) is 0 Å². The molecule has 0 aliphatic heterocycles. The molecule has 1 N–H and O–H groups in total. The van der Waals surface area contributed by atoms with E-state index in [0.29, 0.717) is 16.9 Å². The first-order valence-electron chi connectivity index (χ1n) is 8.44. The summed E-state index contributed by atoms with van der Waals surface area (Å²) in [5, 5.41) is 3.85. The van der Waals surface area contributed by atoms with E-state index in [4.69, 9.17) is 4.74 Å². The van der Waals surface area contributed by atoms with E-state index in [1.165, 1.54) is 19.3 Å². The van der Waals surface area contributed by atoms with Gasteiger partial charge in [0.05, 0.1) is 6.61 Å². The smallest absolute Gasteiger partial charge is 0.119 e. The second-order valence-electron chi connectivity index (χ2n) is 7.82. The summed E-state index contributed by atoms with van der Waals surface area (Å²) in [6.07, 6.45) is 5.32. The van der Waals surface area contributed by atoms with E-state index < -0.39 is 0 Å². The summed E-state index contributed by atoms with van der Waals surface area (Å²) in [6, 6.07) is 10.8. The Labute approximate surface area is 129 Å². The van der Waals surface area contributed by atoms with E-state index in [0.717, 1.165) is 31.2 Å². The fourth-order valence-corrected chi connectivity index (χ4v) is 4.84. The summed E-state index contributed by atoms with van der Waals surface area (Å²) >= 11 is 0. The summed E-state index contributed by atoms with van der Waals surface area (Å²) in [4.78, 5) is 0. The Kier molecular flexibility index (Phi) is 4.00. The van der Waals surface area contributed by atoms with E-state index in [1.54, 1.807) is 0 Å². The maximum Gasteiger partial charge on any atom is 0.119 e. The van der Waals surface area contributed by atoms with Gasteiger partial charge in [0.1, 0.15) is 5.75 Å². The Morgan fingerprint density at radius 3 is 2.62 bits per heavy atom. The normalized spacial score (nSPS) is 33.3. The van der Waals surface area contributed by atoms with Crippen molar-refractivity contribution in [2.45, 2.75) is 52.5 Å². The minimum absolute atomic E-state index is 0.452. The zero-order valence-electron chi connectivity index (χ0n) is 13.7. The molecule has 2 bridgehead atoms. The second-order valence-corrected chi connectivity index (χ2v) is 7.82. The average molecular weight is 287 g/mol. The van der Waals surface area contributed by atoms with Crippen molar-refractivity contribution < 1.29 is 4.74 Å². The Morgan fingerprint density at radius 2 is 1.95 bits per heavy atom. The summed E-state index contributed by atoms with van der Waals surface area (Å²) < 4.78 is 5.77. The van der Waals surface area contributed by atoms with Gasteiger partial charge in [-0.25, -0.2) is 0 Å². The number of hydrogen-bond donors (Lipinski definition) is 1. The third-order valence-electron chi connectivity index (χ3n) is 5.95. The molecule has 21 heavy (non-hydrogen) atoms. The van der Waals surface area contributed by atoms with Gasteiger partial charge in [-0.3, -0.25) is 0 Å². The van der Waals surface area contributed by atoms with Gasteiger partial charge in [0.2, 0.25) is 0 Å². The van der Waals surface area contributed by atoms with Crippen LogP contribution < -0.4 is 10.1 Å². The molecule has 2 heteroatoms. The van der Waals surface area contributed by atoms with Crippen LogP contribution in [0.4, 0.5) is 0 Å². The zero-order chi connectivity index (χ0) is 14.9. The van der Waals surface area contributed by atoms with Gasteiger partial charge in [-0.1, -0.05) is 39.0 Å². The Bertz CT molecular complexity index is 465. The molecule has 2 fully saturated rings. The van der Waals surface area contributed by atoms with Crippen LogP contribution in [0.2, 0.25) is 0 Å². The quantitative estimate of drug-likeness (QED) is 0.789. The lowest BCUT2D eigenvalue weighted by atomic mass is 9.68. The number of benzene rings is 1. The van der Waals surface area contributed by atoms with Crippen molar-refractivity contribution in [3.05, 3.63) is 30.3 Å². The van der Waals surface area contributed by atoms with Crippen LogP contribution in [0.5, 0.6) is 5.75 Å². The van der Waals surface area contributed by atoms with E-state index in [1.807, 2.05) is 30.3 Å². The first-order chi connectivity index (χ1) is 10.0. The summed E-state index contributed by atoms with van der Waals surface area (Å²) in [6.45, 7) is 9.26. The van der Waals surface area contributed by atoms with Crippen LogP contribution in [0, 0.1) is 16.7 Å². The van der Waals surface area contributed by atoms with Crippen LogP contribution in [0.15, 0.2) is 30.3 Å². The number of hydrogen-bond acceptors (Lipinski definition) is 2. The fourth-order valence-electron chi connectivity index (χ4n) is 4.84. The Balaban J connectivity index is 1.43. The molecule has 0 aromatic heterocycles. The Morgan fingerprint density at radius 1 is 1.19 bits per heavy atom. The molecule has 116 valence electrons. The molecule has 1 aromatic carbocycles. The molecule has 2 nitrogen and oxygen atoms in total. The summed E-state index contributed by atoms with van der Waals surface area (Å²) in [5.74, 6) is 1.89. The highest BCUT2D eigenvalue weighted by Crippen LogP contribution is 2.62. The van der Waals surface area contributed by atoms with Gasteiger partial charge in [0.15, 0.2) is 0 Å². The van der Waals surface area contributed by atoms with Gasteiger partial charge < -0.3 is 10.1 Å². The van der Waals surface area contributed by atoms with Crippen molar-refractivity contribution in [1.29, 1.82) is 0 Å². The number of rotatable bonds is 6. The molecule has 2 aliphatic carbocycles. The van der Waals surface area contributed by atoms with Crippen molar-refractivity contribution >= 4 is 0 Å². The molecule has 0 radical (unpaired) electrons. The predicted octanol–water partition coefficient (Wildman–Crippen LogP) is 4.26. The third-order valence-corrected chi connectivity index (χ3v) is 5.95. The van der Waals surface area contributed by atoms with Crippen molar-refractivity contribution in [1.82, 2.24) is 5.32 Å². The van der Waals surface area contributed by atoms with E-state index in [2.05, 4.69) is 26.1 Å².